The largest absolute Gasteiger partial charge is 0.364 e. The van der Waals surface area contributed by atoms with E-state index in [2.05, 4.69) is 9.84 Å². The third kappa shape index (κ3) is 2.60. The molecule has 6 heteroatoms. The molecule has 0 N–H and O–H groups in total. The summed E-state index contributed by atoms with van der Waals surface area (Å²) in [5, 5.41) is 3.35. The fourth-order valence-electron chi connectivity index (χ4n) is 2.37. The zero-order chi connectivity index (χ0) is 16.6. The fraction of sp³-hybridized carbons (Fsp3) is 0.235. The Balaban J connectivity index is 2.02. The Morgan fingerprint density at radius 2 is 2.13 bits per heavy atom. The number of amidine groups is 1. The highest BCUT2D eigenvalue weighted by Crippen LogP contribution is 2.38. The first-order valence-corrected chi connectivity index (χ1v) is 7.91. The number of rotatable bonds is 2. The SMILES string of the molecule is [C-]#[N+]c1cccc(-c2csc(C3(C)N=C(C)N(C)OC3=O)c2)c1. The van der Waals surface area contributed by atoms with Crippen molar-refractivity contribution in [2.45, 2.75) is 19.4 Å². The molecule has 0 radical (unpaired) electrons. The number of hydroxylamine groups is 2. The van der Waals surface area contributed by atoms with Crippen molar-refractivity contribution in [2.24, 2.45) is 4.99 Å². The van der Waals surface area contributed by atoms with Gasteiger partial charge in [-0.15, -0.1) is 11.3 Å². The quantitative estimate of drug-likeness (QED) is 0.784. The van der Waals surface area contributed by atoms with E-state index in [4.69, 9.17) is 11.4 Å². The molecule has 1 aromatic carbocycles. The highest BCUT2D eigenvalue weighted by atomic mass is 32.1. The van der Waals surface area contributed by atoms with Crippen LogP contribution >= 0.6 is 11.3 Å². The lowest BCUT2D eigenvalue weighted by molar-refractivity contribution is -0.179. The second kappa shape index (κ2) is 5.52. The molecule has 1 aliphatic rings. The molecule has 0 fully saturated rings. The minimum absolute atomic E-state index is 0.395. The molecule has 0 amide bonds. The van der Waals surface area contributed by atoms with Crippen molar-refractivity contribution in [1.29, 1.82) is 0 Å². The smallest absolute Gasteiger partial charge is 0.337 e. The van der Waals surface area contributed by atoms with Crippen molar-refractivity contribution in [1.82, 2.24) is 5.06 Å². The summed E-state index contributed by atoms with van der Waals surface area (Å²) in [6.07, 6.45) is 0. The molecule has 0 saturated carbocycles. The van der Waals surface area contributed by atoms with Crippen LogP contribution in [0.15, 0.2) is 40.7 Å². The van der Waals surface area contributed by atoms with Gasteiger partial charge in [0.2, 0.25) is 0 Å². The van der Waals surface area contributed by atoms with E-state index in [0.29, 0.717) is 11.5 Å². The maximum Gasteiger partial charge on any atom is 0.364 e. The van der Waals surface area contributed by atoms with Crippen molar-refractivity contribution in [3.8, 4) is 11.1 Å². The Kier molecular flexibility index (Phi) is 3.66. The first kappa shape index (κ1) is 15.3. The van der Waals surface area contributed by atoms with Gasteiger partial charge in [0.1, 0.15) is 5.84 Å². The van der Waals surface area contributed by atoms with Crippen LogP contribution in [-0.2, 0) is 15.2 Å². The summed E-state index contributed by atoms with van der Waals surface area (Å²) >= 11 is 1.47. The van der Waals surface area contributed by atoms with E-state index >= 15 is 0 Å². The zero-order valence-electron chi connectivity index (χ0n) is 13.0. The first-order chi connectivity index (χ1) is 10.9. The number of thiophene rings is 1. The number of carbonyl (C=O) groups excluding carboxylic acids is 1. The van der Waals surface area contributed by atoms with Crippen LogP contribution in [-0.4, -0.2) is 23.9 Å². The van der Waals surface area contributed by atoms with Crippen molar-refractivity contribution < 1.29 is 9.63 Å². The Bertz CT molecular complexity index is 850. The highest BCUT2D eigenvalue weighted by molar-refractivity contribution is 7.10. The molecule has 1 aliphatic heterocycles. The molecule has 23 heavy (non-hydrogen) atoms. The highest BCUT2D eigenvalue weighted by Gasteiger charge is 2.42. The molecule has 116 valence electrons. The maximum atomic E-state index is 12.3. The van der Waals surface area contributed by atoms with Crippen molar-refractivity contribution in [3.05, 3.63) is 52.0 Å². The van der Waals surface area contributed by atoms with Gasteiger partial charge >= 0.3 is 5.97 Å². The van der Waals surface area contributed by atoms with Gasteiger partial charge in [-0.3, -0.25) is 0 Å². The second-order valence-corrected chi connectivity index (χ2v) is 6.38. The Morgan fingerprint density at radius 3 is 2.87 bits per heavy atom. The zero-order valence-corrected chi connectivity index (χ0v) is 13.8. The summed E-state index contributed by atoms with van der Waals surface area (Å²) in [4.78, 5) is 26.3. The summed E-state index contributed by atoms with van der Waals surface area (Å²) < 4.78 is 0. The van der Waals surface area contributed by atoms with Crippen molar-refractivity contribution >= 4 is 28.8 Å². The molecule has 5 nitrogen and oxygen atoms in total. The Labute approximate surface area is 138 Å². The molecule has 0 aliphatic carbocycles. The number of hydrogen-bond donors (Lipinski definition) is 0. The van der Waals surface area contributed by atoms with E-state index in [1.54, 1.807) is 27.0 Å². The van der Waals surface area contributed by atoms with Crippen LogP contribution in [0.3, 0.4) is 0 Å². The van der Waals surface area contributed by atoms with Crippen LogP contribution in [0.25, 0.3) is 16.0 Å². The van der Waals surface area contributed by atoms with Crippen LogP contribution in [0.1, 0.15) is 18.7 Å². The van der Waals surface area contributed by atoms with E-state index in [9.17, 15) is 4.79 Å². The second-order valence-electron chi connectivity index (χ2n) is 5.47. The minimum atomic E-state index is -1.03. The molecule has 2 aromatic rings. The van der Waals surface area contributed by atoms with Gasteiger partial charge in [0, 0.05) is 11.9 Å². The summed E-state index contributed by atoms with van der Waals surface area (Å²) in [7, 11) is 1.66. The van der Waals surface area contributed by atoms with E-state index in [-0.39, 0.29) is 0 Å². The van der Waals surface area contributed by atoms with E-state index in [1.165, 1.54) is 16.4 Å². The molecule has 0 saturated heterocycles. The molecule has 2 heterocycles. The summed E-state index contributed by atoms with van der Waals surface area (Å²) in [6, 6.07) is 9.35. The summed E-state index contributed by atoms with van der Waals surface area (Å²) in [5.41, 5.74) is 1.48. The van der Waals surface area contributed by atoms with Crippen molar-refractivity contribution in [2.75, 3.05) is 7.05 Å². The van der Waals surface area contributed by atoms with Gasteiger partial charge in [-0.1, -0.05) is 18.2 Å². The minimum Gasteiger partial charge on any atom is -0.337 e. The molecule has 3 rings (SSSR count). The third-order valence-corrected chi connectivity index (χ3v) is 4.99. The van der Waals surface area contributed by atoms with Gasteiger partial charge in [0.15, 0.2) is 11.2 Å². The van der Waals surface area contributed by atoms with Crippen LogP contribution in [0.4, 0.5) is 5.69 Å². The predicted octanol–water partition coefficient (Wildman–Crippen LogP) is 4.00. The molecule has 0 bridgehead atoms. The van der Waals surface area contributed by atoms with Gasteiger partial charge in [0.25, 0.3) is 0 Å². The summed E-state index contributed by atoms with van der Waals surface area (Å²) in [6.45, 7) is 10.7. The number of benzene rings is 1. The van der Waals surface area contributed by atoms with Crippen molar-refractivity contribution in [3.63, 3.8) is 0 Å². The van der Waals surface area contributed by atoms with E-state index in [1.807, 2.05) is 29.6 Å². The molecule has 0 spiro atoms. The van der Waals surface area contributed by atoms with Gasteiger partial charge in [-0.2, -0.15) is 5.06 Å². The topological polar surface area (TPSA) is 46.3 Å². The molecule has 1 aromatic heterocycles. The molecular formula is C17H15N3O2S. The van der Waals surface area contributed by atoms with E-state index < -0.39 is 11.5 Å². The van der Waals surface area contributed by atoms with Gasteiger partial charge < -0.3 is 4.84 Å². The van der Waals surface area contributed by atoms with Crippen LogP contribution in [0.2, 0.25) is 0 Å². The lowest BCUT2D eigenvalue weighted by atomic mass is 9.98. The average molecular weight is 325 g/mol. The molecule has 1 unspecified atom stereocenters. The number of hydrogen-bond acceptors (Lipinski definition) is 5. The standard InChI is InChI=1S/C17H15N3O2S/c1-11-19-17(2,16(21)22-20(11)4)15-9-13(10-23-15)12-6-5-7-14(8-12)18-3/h5-10H,1-2,4H3. The first-order valence-electron chi connectivity index (χ1n) is 7.03. The predicted molar refractivity (Wildman–Crippen MR) is 90.3 cm³/mol. The monoisotopic (exact) mass is 325 g/mol. The summed E-state index contributed by atoms with van der Waals surface area (Å²) in [5.74, 6) is 0.256. The average Bonchev–Trinajstić information content (AvgIpc) is 3.04. The Hall–Kier alpha value is -2.65. The normalized spacial score (nSPS) is 20.7. The molecule has 1 atom stereocenters. The van der Waals surface area contributed by atoms with E-state index in [0.717, 1.165) is 16.0 Å². The lowest BCUT2D eigenvalue weighted by Crippen LogP contribution is -2.44. The number of nitrogens with zero attached hydrogens (tertiary/aromatic N) is 3. The number of carbonyl (C=O) groups is 1. The van der Waals surface area contributed by atoms with Gasteiger partial charge in [0.05, 0.1) is 6.57 Å². The van der Waals surface area contributed by atoms with Gasteiger partial charge in [-0.25, -0.2) is 14.6 Å². The number of aliphatic imine (C=N–C) groups is 1. The lowest BCUT2D eigenvalue weighted by Gasteiger charge is -2.31. The fourth-order valence-corrected chi connectivity index (χ4v) is 3.38. The maximum absolute atomic E-state index is 12.3. The van der Waals surface area contributed by atoms with Gasteiger partial charge in [-0.05, 0) is 42.5 Å². The molecular weight excluding hydrogens is 310 g/mol. The van der Waals surface area contributed by atoms with Crippen LogP contribution in [0.5, 0.6) is 0 Å². The third-order valence-electron chi connectivity index (χ3n) is 3.85. The van der Waals surface area contributed by atoms with Crippen LogP contribution < -0.4 is 0 Å². The Morgan fingerprint density at radius 1 is 1.35 bits per heavy atom. The van der Waals surface area contributed by atoms with Crippen LogP contribution in [0, 0.1) is 6.57 Å².